The van der Waals surface area contributed by atoms with Crippen LogP contribution >= 0.6 is 0 Å². The summed E-state index contributed by atoms with van der Waals surface area (Å²) in [5.74, 6) is -0.535. The molecule has 1 aromatic heterocycles. The van der Waals surface area contributed by atoms with Crippen molar-refractivity contribution in [3.05, 3.63) is 33.7 Å². The van der Waals surface area contributed by atoms with Crippen LogP contribution in [0, 0.1) is 0 Å². The molecule has 1 aliphatic heterocycles. The fraction of sp³-hybridized carbons (Fsp3) is 0.696. The van der Waals surface area contributed by atoms with Crippen LogP contribution in [0.15, 0.2) is 17.2 Å². The molecule has 0 atom stereocenters. The standard InChI is InChI=1S/C23H33N3O3/c27-21-19(22(28)24-17-11-12-17)15-26(18-9-5-4-6-10-18)16-20(21)23(29)25-13-7-2-1-3-8-14-25/h15-18H,1-14H2,(H,24,28). The lowest BCUT2D eigenvalue weighted by molar-refractivity contribution is 0.0740. The Morgan fingerprint density at radius 3 is 2.03 bits per heavy atom. The molecule has 2 amide bonds. The van der Waals surface area contributed by atoms with E-state index in [1.165, 1.54) is 12.8 Å². The molecule has 0 unspecified atom stereocenters. The van der Waals surface area contributed by atoms with Crippen LogP contribution in [0.4, 0.5) is 0 Å². The average molecular weight is 400 g/mol. The molecule has 1 saturated heterocycles. The highest BCUT2D eigenvalue weighted by atomic mass is 16.2. The van der Waals surface area contributed by atoms with Crippen molar-refractivity contribution in [2.24, 2.45) is 0 Å². The van der Waals surface area contributed by atoms with Crippen LogP contribution in [0.25, 0.3) is 0 Å². The summed E-state index contributed by atoms with van der Waals surface area (Å²) in [6.45, 7) is 1.39. The van der Waals surface area contributed by atoms with Crippen LogP contribution in [0.1, 0.15) is 104 Å². The van der Waals surface area contributed by atoms with E-state index in [-0.39, 0.29) is 35.0 Å². The van der Waals surface area contributed by atoms with Crippen LogP contribution < -0.4 is 10.7 Å². The lowest BCUT2D eigenvalue weighted by atomic mass is 9.95. The van der Waals surface area contributed by atoms with Gasteiger partial charge in [0, 0.05) is 37.6 Å². The summed E-state index contributed by atoms with van der Waals surface area (Å²) in [4.78, 5) is 41.1. The molecule has 158 valence electrons. The average Bonchev–Trinajstić information content (AvgIpc) is 3.52. The molecule has 0 spiro atoms. The van der Waals surface area contributed by atoms with Gasteiger partial charge in [0.15, 0.2) is 0 Å². The van der Waals surface area contributed by atoms with Crippen molar-refractivity contribution in [1.82, 2.24) is 14.8 Å². The minimum atomic E-state index is -0.415. The van der Waals surface area contributed by atoms with E-state index in [0.29, 0.717) is 13.1 Å². The lowest BCUT2D eigenvalue weighted by Gasteiger charge is -2.27. The molecule has 6 heteroatoms. The molecular formula is C23H33N3O3. The molecule has 2 saturated carbocycles. The summed E-state index contributed by atoms with van der Waals surface area (Å²) in [6, 6.07) is 0.439. The molecule has 4 rings (SSSR count). The van der Waals surface area contributed by atoms with Crippen molar-refractivity contribution in [3.63, 3.8) is 0 Å². The number of amides is 2. The van der Waals surface area contributed by atoms with Gasteiger partial charge in [-0.15, -0.1) is 0 Å². The number of likely N-dealkylation sites (tertiary alicyclic amines) is 1. The zero-order chi connectivity index (χ0) is 20.2. The van der Waals surface area contributed by atoms with E-state index < -0.39 is 5.43 Å². The first-order valence-electron chi connectivity index (χ1n) is 11.5. The third-order valence-electron chi connectivity index (χ3n) is 6.57. The van der Waals surface area contributed by atoms with Crippen LogP contribution in [0.2, 0.25) is 0 Å². The van der Waals surface area contributed by atoms with Gasteiger partial charge in [0.2, 0.25) is 5.43 Å². The summed E-state index contributed by atoms with van der Waals surface area (Å²) >= 11 is 0. The van der Waals surface area contributed by atoms with Gasteiger partial charge in [-0.1, -0.05) is 38.5 Å². The first kappa shape index (κ1) is 20.2. The molecule has 1 N–H and O–H groups in total. The van der Waals surface area contributed by atoms with E-state index in [1.54, 1.807) is 12.4 Å². The van der Waals surface area contributed by atoms with E-state index in [9.17, 15) is 14.4 Å². The number of carbonyl (C=O) groups is 2. The minimum Gasteiger partial charge on any atom is -0.349 e. The maximum absolute atomic E-state index is 13.3. The fourth-order valence-electron chi connectivity index (χ4n) is 4.61. The van der Waals surface area contributed by atoms with Crippen molar-refractivity contribution in [2.75, 3.05) is 13.1 Å². The van der Waals surface area contributed by atoms with E-state index >= 15 is 0 Å². The summed E-state index contributed by atoms with van der Waals surface area (Å²) in [7, 11) is 0. The smallest absolute Gasteiger partial charge is 0.259 e. The molecule has 6 nitrogen and oxygen atoms in total. The summed E-state index contributed by atoms with van der Waals surface area (Å²) in [5, 5.41) is 2.93. The van der Waals surface area contributed by atoms with Gasteiger partial charge in [0.1, 0.15) is 11.1 Å². The van der Waals surface area contributed by atoms with Gasteiger partial charge < -0.3 is 14.8 Å². The van der Waals surface area contributed by atoms with Crippen molar-refractivity contribution in [1.29, 1.82) is 0 Å². The van der Waals surface area contributed by atoms with E-state index in [1.807, 2.05) is 9.47 Å². The monoisotopic (exact) mass is 399 g/mol. The molecular weight excluding hydrogens is 366 g/mol. The first-order chi connectivity index (χ1) is 14.1. The Kier molecular flexibility index (Phi) is 6.36. The van der Waals surface area contributed by atoms with Gasteiger partial charge in [0.05, 0.1) is 0 Å². The highest BCUT2D eigenvalue weighted by Crippen LogP contribution is 2.28. The summed E-state index contributed by atoms with van der Waals surface area (Å²) in [6.07, 6.45) is 16.4. The predicted molar refractivity (Wildman–Crippen MR) is 112 cm³/mol. The Morgan fingerprint density at radius 2 is 1.38 bits per heavy atom. The quantitative estimate of drug-likeness (QED) is 0.840. The Balaban J connectivity index is 1.67. The number of nitrogens with one attached hydrogen (secondary N) is 1. The molecule has 0 bridgehead atoms. The number of hydrogen-bond donors (Lipinski definition) is 1. The Bertz CT molecular complexity index is 798. The Morgan fingerprint density at radius 1 is 0.793 bits per heavy atom. The van der Waals surface area contributed by atoms with Gasteiger partial charge in [-0.05, 0) is 38.5 Å². The lowest BCUT2D eigenvalue weighted by Crippen LogP contribution is -2.39. The number of aromatic nitrogens is 1. The Labute approximate surface area is 172 Å². The van der Waals surface area contributed by atoms with Gasteiger partial charge in [-0.25, -0.2) is 0 Å². The topological polar surface area (TPSA) is 71.4 Å². The molecule has 3 aliphatic rings. The van der Waals surface area contributed by atoms with Gasteiger partial charge in [0.25, 0.3) is 11.8 Å². The van der Waals surface area contributed by atoms with Crippen LogP contribution in [0.3, 0.4) is 0 Å². The number of pyridine rings is 1. The summed E-state index contributed by atoms with van der Waals surface area (Å²) < 4.78 is 1.99. The van der Waals surface area contributed by atoms with Gasteiger partial charge in [-0.2, -0.15) is 0 Å². The fourth-order valence-corrected chi connectivity index (χ4v) is 4.61. The molecule has 2 aliphatic carbocycles. The van der Waals surface area contributed by atoms with Crippen molar-refractivity contribution in [2.45, 2.75) is 89.1 Å². The zero-order valence-corrected chi connectivity index (χ0v) is 17.3. The van der Waals surface area contributed by atoms with E-state index in [4.69, 9.17) is 0 Å². The zero-order valence-electron chi connectivity index (χ0n) is 17.3. The predicted octanol–water partition coefficient (Wildman–Crippen LogP) is 3.65. The minimum absolute atomic E-state index is 0.125. The third-order valence-corrected chi connectivity index (χ3v) is 6.57. The third kappa shape index (κ3) is 4.90. The van der Waals surface area contributed by atoms with Crippen molar-refractivity contribution < 1.29 is 9.59 Å². The number of carbonyl (C=O) groups excluding carboxylic acids is 2. The number of hydrogen-bond acceptors (Lipinski definition) is 3. The number of nitrogens with zero attached hydrogens (tertiary/aromatic N) is 2. The largest absolute Gasteiger partial charge is 0.349 e. The second-order valence-electron chi connectivity index (χ2n) is 8.96. The normalized spacial score (nSPS) is 21.3. The van der Waals surface area contributed by atoms with Crippen LogP contribution in [-0.2, 0) is 0 Å². The first-order valence-corrected chi connectivity index (χ1v) is 11.5. The second kappa shape index (κ2) is 9.14. The molecule has 2 heterocycles. The highest BCUT2D eigenvalue weighted by molar-refractivity contribution is 5.99. The van der Waals surface area contributed by atoms with Crippen LogP contribution in [0.5, 0.6) is 0 Å². The van der Waals surface area contributed by atoms with Crippen LogP contribution in [-0.4, -0.2) is 40.4 Å². The second-order valence-corrected chi connectivity index (χ2v) is 8.96. The van der Waals surface area contributed by atoms with E-state index in [2.05, 4.69) is 5.32 Å². The van der Waals surface area contributed by atoms with E-state index in [0.717, 1.165) is 64.2 Å². The SMILES string of the molecule is O=C(NC1CC1)c1cn(C2CCCCC2)cc(C(=O)N2CCCCCCC2)c1=O. The molecule has 0 aromatic carbocycles. The van der Waals surface area contributed by atoms with Gasteiger partial charge in [-0.3, -0.25) is 14.4 Å². The molecule has 3 fully saturated rings. The summed E-state index contributed by atoms with van der Waals surface area (Å²) in [5.41, 5.74) is -0.123. The number of rotatable bonds is 4. The highest BCUT2D eigenvalue weighted by Gasteiger charge is 2.29. The van der Waals surface area contributed by atoms with Crippen molar-refractivity contribution >= 4 is 11.8 Å². The van der Waals surface area contributed by atoms with Gasteiger partial charge >= 0.3 is 0 Å². The molecule has 1 aromatic rings. The van der Waals surface area contributed by atoms with Crippen molar-refractivity contribution in [3.8, 4) is 0 Å². The Hall–Kier alpha value is -2.11. The maximum Gasteiger partial charge on any atom is 0.259 e. The molecule has 0 radical (unpaired) electrons. The molecule has 29 heavy (non-hydrogen) atoms. The maximum atomic E-state index is 13.3.